The van der Waals surface area contributed by atoms with Crippen molar-refractivity contribution in [3.05, 3.63) is 11.7 Å². The van der Waals surface area contributed by atoms with Crippen LogP contribution in [0.3, 0.4) is 0 Å². The fourth-order valence-corrected chi connectivity index (χ4v) is 0.926. The maximum absolute atomic E-state index is 8.65. The van der Waals surface area contributed by atoms with Gasteiger partial charge in [0.2, 0.25) is 5.89 Å². The molecule has 0 bridgehead atoms. The van der Waals surface area contributed by atoms with Crippen LogP contribution in [0, 0.1) is 0 Å². The molecule has 0 saturated carbocycles. The molecule has 0 fully saturated rings. The predicted octanol–water partition coefficient (Wildman–Crippen LogP) is 0.531. The third-order valence-corrected chi connectivity index (χ3v) is 1.54. The monoisotopic (exact) mass is 186 g/mol. The smallest absolute Gasteiger partial charge is 0.226 e. The summed E-state index contributed by atoms with van der Waals surface area (Å²) in [4.78, 5) is 3.94. The van der Waals surface area contributed by atoms with Crippen LogP contribution in [-0.2, 0) is 17.8 Å². The molecule has 0 atom stereocenters. The molecule has 13 heavy (non-hydrogen) atoms. The molecule has 0 radical (unpaired) electrons. The van der Waals surface area contributed by atoms with Crippen molar-refractivity contribution in [2.24, 2.45) is 0 Å². The Morgan fingerprint density at radius 3 is 3.00 bits per heavy atom. The lowest BCUT2D eigenvalue weighted by Crippen LogP contribution is -1.96. The second kappa shape index (κ2) is 5.66. The van der Waals surface area contributed by atoms with Crippen molar-refractivity contribution in [3.63, 3.8) is 0 Å². The number of aryl methyl sites for hydroxylation is 1. The molecule has 0 aliphatic heterocycles. The Kier molecular flexibility index (Phi) is 4.42. The van der Waals surface area contributed by atoms with Gasteiger partial charge in [-0.3, -0.25) is 0 Å². The molecule has 5 heteroatoms. The van der Waals surface area contributed by atoms with Gasteiger partial charge in [0, 0.05) is 19.6 Å². The van der Waals surface area contributed by atoms with Gasteiger partial charge in [-0.2, -0.15) is 4.98 Å². The molecule has 1 heterocycles. The first-order chi connectivity index (χ1) is 6.36. The largest absolute Gasteiger partial charge is 0.388 e. The average molecular weight is 186 g/mol. The summed E-state index contributed by atoms with van der Waals surface area (Å²) in [5.74, 6) is 0.898. The van der Waals surface area contributed by atoms with E-state index < -0.39 is 0 Å². The molecule has 0 unspecified atom stereocenters. The number of aliphatic hydroxyl groups excluding tert-OH is 1. The van der Waals surface area contributed by atoms with Gasteiger partial charge in [-0.25, -0.2) is 0 Å². The molecule has 1 rings (SSSR count). The van der Waals surface area contributed by atoms with Crippen molar-refractivity contribution in [1.82, 2.24) is 10.1 Å². The van der Waals surface area contributed by atoms with Gasteiger partial charge in [0.1, 0.15) is 6.61 Å². The van der Waals surface area contributed by atoms with E-state index in [0.29, 0.717) is 24.7 Å². The van der Waals surface area contributed by atoms with E-state index in [1.54, 1.807) is 0 Å². The second-order valence-electron chi connectivity index (χ2n) is 2.56. The quantitative estimate of drug-likeness (QED) is 0.656. The van der Waals surface area contributed by atoms with Crippen LogP contribution in [-0.4, -0.2) is 28.5 Å². The zero-order chi connectivity index (χ0) is 9.52. The maximum atomic E-state index is 8.65. The number of aromatic nitrogens is 2. The molecular weight excluding hydrogens is 172 g/mol. The van der Waals surface area contributed by atoms with Crippen LogP contribution in [0.5, 0.6) is 0 Å². The molecule has 0 saturated heterocycles. The van der Waals surface area contributed by atoms with Gasteiger partial charge in [-0.15, -0.1) is 0 Å². The Morgan fingerprint density at radius 2 is 2.38 bits per heavy atom. The zero-order valence-electron chi connectivity index (χ0n) is 7.69. The van der Waals surface area contributed by atoms with Crippen molar-refractivity contribution in [2.45, 2.75) is 26.4 Å². The van der Waals surface area contributed by atoms with Crippen molar-refractivity contribution < 1.29 is 14.4 Å². The minimum atomic E-state index is -0.172. The molecule has 0 amide bonds. The first-order valence-electron chi connectivity index (χ1n) is 4.37. The van der Waals surface area contributed by atoms with E-state index in [0.717, 1.165) is 13.0 Å². The third-order valence-electron chi connectivity index (χ3n) is 1.54. The van der Waals surface area contributed by atoms with E-state index in [1.807, 2.05) is 6.92 Å². The predicted molar refractivity (Wildman–Crippen MR) is 45.0 cm³/mol. The first-order valence-corrected chi connectivity index (χ1v) is 4.37. The molecule has 1 N–H and O–H groups in total. The molecular formula is C8H14N2O3. The fraction of sp³-hybridized carbons (Fsp3) is 0.750. The summed E-state index contributed by atoms with van der Waals surface area (Å²) in [5.41, 5.74) is 0. The number of rotatable bonds is 6. The summed E-state index contributed by atoms with van der Waals surface area (Å²) in [5, 5.41) is 12.2. The topological polar surface area (TPSA) is 68.4 Å². The highest BCUT2D eigenvalue weighted by atomic mass is 16.5. The van der Waals surface area contributed by atoms with Gasteiger partial charge in [0.05, 0.1) is 0 Å². The van der Waals surface area contributed by atoms with E-state index in [-0.39, 0.29) is 6.61 Å². The van der Waals surface area contributed by atoms with E-state index in [2.05, 4.69) is 10.1 Å². The number of ether oxygens (including phenoxy) is 1. The van der Waals surface area contributed by atoms with Gasteiger partial charge in [-0.05, 0) is 13.3 Å². The molecule has 0 spiro atoms. The highest BCUT2D eigenvalue weighted by molar-refractivity contribution is 4.83. The molecule has 0 aliphatic carbocycles. The number of hydrogen-bond donors (Lipinski definition) is 1. The molecule has 1 aromatic rings. The number of aliphatic hydroxyl groups is 1. The van der Waals surface area contributed by atoms with Gasteiger partial charge < -0.3 is 14.4 Å². The van der Waals surface area contributed by atoms with Crippen molar-refractivity contribution in [1.29, 1.82) is 0 Å². The second-order valence-corrected chi connectivity index (χ2v) is 2.56. The third kappa shape index (κ3) is 3.52. The highest BCUT2D eigenvalue weighted by Gasteiger charge is 2.03. The normalized spacial score (nSPS) is 10.6. The summed E-state index contributed by atoms with van der Waals surface area (Å²) in [6.45, 7) is 3.21. The molecule has 1 aromatic heterocycles. The van der Waals surface area contributed by atoms with Crippen LogP contribution >= 0.6 is 0 Å². The Bertz CT molecular complexity index is 237. The van der Waals surface area contributed by atoms with Crippen molar-refractivity contribution in [3.8, 4) is 0 Å². The Hall–Kier alpha value is -0.940. The van der Waals surface area contributed by atoms with Crippen LogP contribution in [0.1, 0.15) is 25.1 Å². The summed E-state index contributed by atoms with van der Waals surface area (Å²) in [6.07, 6.45) is 1.56. The lowest BCUT2D eigenvalue weighted by Gasteiger charge is -1.96. The highest BCUT2D eigenvalue weighted by Crippen LogP contribution is 2.00. The molecule has 74 valence electrons. The van der Waals surface area contributed by atoms with Gasteiger partial charge in [0.25, 0.3) is 0 Å². The number of hydrogen-bond acceptors (Lipinski definition) is 5. The lowest BCUT2D eigenvalue weighted by atomic mass is 10.3. The average Bonchev–Trinajstić information content (AvgIpc) is 2.60. The Balaban J connectivity index is 2.20. The van der Waals surface area contributed by atoms with Crippen LogP contribution in [0.4, 0.5) is 0 Å². The number of nitrogens with zero attached hydrogens (tertiary/aromatic N) is 2. The van der Waals surface area contributed by atoms with Crippen LogP contribution in [0.25, 0.3) is 0 Å². The van der Waals surface area contributed by atoms with Crippen molar-refractivity contribution in [2.75, 3.05) is 13.2 Å². The van der Waals surface area contributed by atoms with Crippen LogP contribution in [0.2, 0.25) is 0 Å². The molecule has 0 aliphatic rings. The molecule has 5 nitrogen and oxygen atoms in total. The first kappa shape index (κ1) is 10.1. The summed E-state index contributed by atoms with van der Waals surface area (Å²) >= 11 is 0. The maximum Gasteiger partial charge on any atom is 0.226 e. The minimum Gasteiger partial charge on any atom is -0.388 e. The van der Waals surface area contributed by atoms with Gasteiger partial charge in [-0.1, -0.05) is 5.16 Å². The SMILES string of the molecule is CCOCCCc1nc(CO)no1. The van der Waals surface area contributed by atoms with Gasteiger partial charge in [0.15, 0.2) is 5.82 Å². The van der Waals surface area contributed by atoms with Crippen molar-refractivity contribution >= 4 is 0 Å². The van der Waals surface area contributed by atoms with E-state index in [9.17, 15) is 0 Å². The zero-order valence-corrected chi connectivity index (χ0v) is 7.69. The molecule has 0 aromatic carbocycles. The summed E-state index contributed by atoms with van der Waals surface area (Å²) < 4.78 is 10.0. The van der Waals surface area contributed by atoms with Crippen LogP contribution in [0.15, 0.2) is 4.52 Å². The summed E-state index contributed by atoms with van der Waals surface area (Å²) in [7, 11) is 0. The lowest BCUT2D eigenvalue weighted by molar-refractivity contribution is 0.143. The van der Waals surface area contributed by atoms with E-state index in [4.69, 9.17) is 14.4 Å². The summed E-state index contributed by atoms with van der Waals surface area (Å²) in [6, 6.07) is 0. The Labute approximate surface area is 76.7 Å². The van der Waals surface area contributed by atoms with E-state index in [1.165, 1.54) is 0 Å². The van der Waals surface area contributed by atoms with E-state index >= 15 is 0 Å². The minimum absolute atomic E-state index is 0.172. The fourth-order valence-electron chi connectivity index (χ4n) is 0.926. The van der Waals surface area contributed by atoms with Crippen LogP contribution < -0.4 is 0 Å². The standard InChI is InChI=1S/C8H14N2O3/c1-2-12-5-3-4-8-9-7(6-11)10-13-8/h11H,2-6H2,1H3. The van der Waals surface area contributed by atoms with Gasteiger partial charge >= 0.3 is 0 Å². The Morgan fingerprint density at radius 1 is 1.54 bits per heavy atom.